The van der Waals surface area contributed by atoms with Crippen molar-refractivity contribution in [3.63, 3.8) is 0 Å². The van der Waals surface area contributed by atoms with Crippen molar-refractivity contribution in [1.82, 2.24) is 4.98 Å². The van der Waals surface area contributed by atoms with Gasteiger partial charge in [-0.05, 0) is 39.8 Å². The third-order valence-corrected chi connectivity index (χ3v) is 6.55. The first-order valence-electron chi connectivity index (χ1n) is 10.1. The summed E-state index contributed by atoms with van der Waals surface area (Å²) in [5, 5.41) is 3.10. The van der Waals surface area contributed by atoms with Gasteiger partial charge in [0.2, 0.25) is 0 Å². The number of nitrogens with zero attached hydrogens (tertiary/aromatic N) is 1. The van der Waals surface area contributed by atoms with Crippen molar-refractivity contribution >= 4 is 22.4 Å². The molecule has 1 atom stereocenters. The van der Waals surface area contributed by atoms with Gasteiger partial charge >= 0.3 is 0 Å². The molecule has 5 aromatic rings. The van der Waals surface area contributed by atoms with Crippen LogP contribution in [0.4, 0.5) is 0 Å². The fourth-order valence-corrected chi connectivity index (χ4v) is 5.27. The van der Waals surface area contributed by atoms with Gasteiger partial charge in [0.15, 0.2) is 0 Å². The van der Waals surface area contributed by atoms with Crippen molar-refractivity contribution < 1.29 is 0 Å². The predicted octanol–water partition coefficient (Wildman–Crippen LogP) is 7.25. The lowest BCUT2D eigenvalue weighted by molar-refractivity contribution is 0.737. The molecule has 30 heavy (non-hydrogen) atoms. The molecule has 0 amide bonds. The van der Waals surface area contributed by atoms with Gasteiger partial charge < -0.3 is 0 Å². The summed E-state index contributed by atoms with van der Waals surface area (Å²) in [5.41, 5.74) is 6.39. The maximum Gasteiger partial charge on any atom is 0.0886 e. The lowest BCUT2D eigenvalue weighted by atomic mass is 9.69. The minimum absolute atomic E-state index is 0.512. The van der Waals surface area contributed by atoms with E-state index in [1.54, 1.807) is 0 Å². The molecule has 0 saturated heterocycles. The lowest BCUT2D eigenvalue weighted by Gasteiger charge is -2.32. The number of fused-ring (bicyclic) bond motifs is 4. The molecule has 142 valence electrons. The third-order valence-electron chi connectivity index (χ3n) is 6.24. The summed E-state index contributed by atoms with van der Waals surface area (Å²) in [4.78, 5) is 5.02. The van der Waals surface area contributed by atoms with E-state index in [0.717, 1.165) is 21.7 Å². The van der Waals surface area contributed by atoms with Crippen molar-refractivity contribution in [3.8, 4) is 11.1 Å². The molecule has 0 aliphatic heterocycles. The molecule has 0 saturated carbocycles. The molecule has 0 spiro atoms. The van der Waals surface area contributed by atoms with Gasteiger partial charge in [-0.1, -0.05) is 103 Å². The molecule has 0 fully saturated rings. The first-order chi connectivity index (χ1) is 14.8. The number of halogens is 1. The van der Waals surface area contributed by atoms with Crippen molar-refractivity contribution in [2.75, 3.05) is 0 Å². The lowest BCUT2D eigenvalue weighted by Crippen LogP contribution is -2.29. The quantitative estimate of drug-likeness (QED) is 0.296. The van der Waals surface area contributed by atoms with Crippen LogP contribution in [0.15, 0.2) is 109 Å². The molecule has 0 bridgehead atoms. The standard InChI is InChI=1S/C28H18ClN/c29-25-16-8-15-24-27(25)22-13-6-7-14-23(22)28(24,21-11-2-1-3-12-21)26-17-19-9-4-5-10-20(19)18-30-26/h1-18H. The molecule has 1 aliphatic carbocycles. The molecular formula is C28H18ClN. The Kier molecular flexibility index (Phi) is 3.81. The zero-order chi connectivity index (χ0) is 20.1. The Labute approximate surface area is 180 Å². The second kappa shape index (κ2) is 6.55. The molecule has 4 aromatic carbocycles. The Bertz CT molecular complexity index is 1410. The van der Waals surface area contributed by atoms with Gasteiger partial charge in [-0.3, -0.25) is 4.98 Å². The van der Waals surface area contributed by atoms with Crippen molar-refractivity contribution in [1.29, 1.82) is 0 Å². The van der Waals surface area contributed by atoms with Gasteiger partial charge in [0.25, 0.3) is 0 Å². The van der Waals surface area contributed by atoms with Gasteiger partial charge in [-0.25, -0.2) is 0 Å². The Morgan fingerprint density at radius 1 is 0.633 bits per heavy atom. The Hall–Kier alpha value is -3.42. The van der Waals surface area contributed by atoms with E-state index < -0.39 is 5.41 Å². The zero-order valence-corrected chi connectivity index (χ0v) is 17.0. The molecule has 1 aliphatic rings. The topological polar surface area (TPSA) is 12.9 Å². The van der Waals surface area contributed by atoms with Crippen LogP contribution in [0, 0.1) is 0 Å². The SMILES string of the molecule is Clc1cccc2c1-c1ccccc1C2(c1ccccc1)c1cc2ccccc2cn1. The molecular weight excluding hydrogens is 386 g/mol. The Morgan fingerprint density at radius 3 is 2.20 bits per heavy atom. The molecule has 1 unspecified atom stereocenters. The maximum absolute atomic E-state index is 6.77. The third kappa shape index (κ3) is 2.27. The van der Waals surface area contributed by atoms with Crippen LogP contribution < -0.4 is 0 Å². The highest BCUT2D eigenvalue weighted by Crippen LogP contribution is 2.57. The van der Waals surface area contributed by atoms with Crippen molar-refractivity contribution in [2.24, 2.45) is 0 Å². The first-order valence-corrected chi connectivity index (χ1v) is 10.5. The average Bonchev–Trinajstić information content (AvgIpc) is 3.12. The van der Waals surface area contributed by atoms with Crippen LogP contribution in [-0.4, -0.2) is 4.98 Å². The summed E-state index contributed by atoms with van der Waals surface area (Å²) in [6.45, 7) is 0. The van der Waals surface area contributed by atoms with E-state index in [9.17, 15) is 0 Å². The van der Waals surface area contributed by atoms with Gasteiger partial charge in [0, 0.05) is 22.2 Å². The second-order valence-electron chi connectivity index (χ2n) is 7.74. The number of pyridine rings is 1. The predicted molar refractivity (Wildman–Crippen MR) is 124 cm³/mol. The summed E-state index contributed by atoms with van der Waals surface area (Å²) in [5.74, 6) is 0. The van der Waals surface area contributed by atoms with E-state index in [1.165, 1.54) is 27.6 Å². The summed E-state index contributed by atoms with van der Waals surface area (Å²) >= 11 is 6.77. The maximum atomic E-state index is 6.77. The van der Waals surface area contributed by atoms with Crippen LogP contribution >= 0.6 is 11.6 Å². The van der Waals surface area contributed by atoms with Gasteiger partial charge in [0.05, 0.1) is 11.1 Å². The second-order valence-corrected chi connectivity index (χ2v) is 8.15. The molecule has 6 rings (SSSR count). The monoisotopic (exact) mass is 403 g/mol. The van der Waals surface area contributed by atoms with Crippen molar-refractivity contribution in [3.05, 3.63) is 137 Å². The average molecular weight is 404 g/mol. The minimum Gasteiger partial charge on any atom is -0.259 e. The van der Waals surface area contributed by atoms with Crippen LogP contribution in [0.5, 0.6) is 0 Å². The molecule has 1 heterocycles. The van der Waals surface area contributed by atoms with Crippen molar-refractivity contribution in [2.45, 2.75) is 5.41 Å². The van der Waals surface area contributed by atoms with E-state index in [2.05, 4.69) is 91.0 Å². The van der Waals surface area contributed by atoms with E-state index in [4.69, 9.17) is 16.6 Å². The largest absolute Gasteiger partial charge is 0.259 e. The normalized spacial score (nSPS) is 17.0. The Morgan fingerprint density at radius 2 is 1.33 bits per heavy atom. The summed E-state index contributed by atoms with van der Waals surface area (Å²) < 4.78 is 0. The number of aromatic nitrogens is 1. The highest BCUT2D eigenvalue weighted by atomic mass is 35.5. The Balaban J connectivity index is 1.81. The highest BCUT2D eigenvalue weighted by molar-refractivity contribution is 6.34. The van der Waals surface area contributed by atoms with Gasteiger partial charge in [0.1, 0.15) is 0 Å². The van der Waals surface area contributed by atoms with E-state index >= 15 is 0 Å². The minimum atomic E-state index is -0.512. The fourth-order valence-electron chi connectivity index (χ4n) is 5.00. The molecule has 1 nitrogen and oxygen atoms in total. The molecule has 0 N–H and O–H groups in total. The smallest absolute Gasteiger partial charge is 0.0886 e. The van der Waals surface area contributed by atoms with Crippen LogP contribution in [-0.2, 0) is 5.41 Å². The summed E-state index contributed by atoms with van der Waals surface area (Å²) in [6.07, 6.45) is 1.99. The molecule has 1 aromatic heterocycles. The van der Waals surface area contributed by atoms with Crippen LogP contribution in [0.3, 0.4) is 0 Å². The van der Waals surface area contributed by atoms with Crippen LogP contribution in [0.25, 0.3) is 21.9 Å². The van der Waals surface area contributed by atoms with Crippen LogP contribution in [0.1, 0.15) is 22.4 Å². The van der Waals surface area contributed by atoms with Gasteiger partial charge in [-0.15, -0.1) is 0 Å². The first kappa shape index (κ1) is 17.4. The zero-order valence-electron chi connectivity index (χ0n) is 16.2. The highest BCUT2D eigenvalue weighted by Gasteiger charge is 2.47. The number of benzene rings is 4. The van der Waals surface area contributed by atoms with Crippen LogP contribution in [0.2, 0.25) is 5.02 Å². The molecule has 2 heteroatoms. The van der Waals surface area contributed by atoms with Gasteiger partial charge in [-0.2, -0.15) is 0 Å². The summed E-state index contributed by atoms with van der Waals surface area (Å²) in [7, 11) is 0. The van der Waals surface area contributed by atoms with E-state index in [1.807, 2.05) is 18.3 Å². The molecule has 0 radical (unpaired) electrons. The fraction of sp³-hybridized carbons (Fsp3) is 0.0357. The number of hydrogen-bond acceptors (Lipinski definition) is 1. The van der Waals surface area contributed by atoms with E-state index in [0.29, 0.717) is 0 Å². The summed E-state index contributed by atoms with van der Waals surface area (Å²) in [6, 6.07) is 36.1. The number of hydrogen-bond donors (Lipinski definition) is 0. The van der Waals surface area contributed by atoms with E-state index in [-0.39, 0.29) is 0 Å². The number of rotatable bonds is 2.